The lowest BCUT2D eigenvalue weighted by atomic mass is 10.3. The largest absolute Gasteiger partial charge is 0.454 e. The lowest BCUT2D eigenvalue weighted by Gasteiger charge is -2.02. The van der Waals surface area contributed by atoms with Gasteiger partial charge in [0.15, 0.2) is 5.76 Å². The zero-order valence-corrected chi connectivity index (χ0v) is 12.3. The van der Waals surface area contributed by atoms with Gasteiger partial charge in [0.1, 0.15) is 5.76 Å². The van der Waals surface area contributed by atoms with E-state index in [-0.39, 0.29) is 11.7 Å². The molecule has 0 unspecified atom stereocenters. The van der Waals surface area contributed by atoms with Crippen molar-refractivity contribution in [3.05, 3.63) is 71.2 Å². The maximum absolute atomic E-state index is 12.0. The van der Waals surface area contributed by atoms with E-state index >= 15 is 0 Å². The van der Waals surface area contributed by atoms with E-state index in [2.05, 4.69) is 15.4 Å². The monoisotopic (exact) mass is 316 g/mol. The highest BCUT2D eigenvalue weighted by Crippen LogP contribution is 2.11. The van der Waals surface area contributed by atoms with Crippen LogP contribution in [-0.2, 0) is 13.1 Å². The fraction of sp³-hybridized carbons (Fsp3) is 0.133. The third-order valence-corrected chi connectivity index (χ3v) is 3.16. The van der Waals surface area contributed by atoms with Crippen LogP contribution in [0.3, 0.4) is 0 Å². The van der Waals surface area contributed by atoms with Gasteiger partial charge in [-0.25, -0.2) is 0 Å². The third-order valence-electron chi connectivity index (χ3n) is 2.96. The molecule has 3 heterocycles. The minimum atomic E-state index is -0.282. The van der Waals surface area contributed by atoms with Crippen LogP contribution in [0.5, 0.6) is 0 Å². The Hall–Kier alpha value is -2.60. The van der Waals surface area contributed by atoms with Crippen molar-refractivity contribution < 1.29 is 9.21 Å². The molecular weight excluding hydrogens is 304 g/mol. The summed E-state index contributed by atoms with van der Waals surface area (Å²) < 4.78 is 7.15. The summed E-state index contributed by atoms with van der Waals surface area (Å²) in [5.41, 5.74) is 0.786. The average molecular weight is 317 g/mol. The Labute approximate surface area is 131 Å². The van der Waals surface area contributed by atoms with E-state index in [1.54, 1.807) is 35.4 Å². The van der Waals surface area contributed by atoms with Crippen molar-refractivity contribution in [3.63, 3.8) is 0 Å². The summed E-state index contributed by atoms with van der Waals surface area (Å²) >= 11 is 5.80. The van der Waals surface area contributed by atoms with Gasteiger partial charge in [-0.3, -0.25) is 14.5 Å². The molecule has 6 nitrogen and oxygen atoms in total. The maximum atomic E-state index is 12.0. The number of rotatable bonds is 5. The number of pyridine rings is 1. The highest BCUT2D eigenvalue weighted by atomic mass is 35.5. The lowest BCUT2D eigenvalue weighted by Crippen LogP contribution is -2.22. The van der Waals surface area contributed by atoms with E-state index < -0.39 is 0 Å². The second kappa shape index (κ2) is 6.44. The first-order chi connectivity index (χ1) is 10.7. The summed E-state index contributed by atoms with van der Waals surface area (Å²) in [4.78, 5) is 16.2. The molecule has 0 radical (unpaired) electrons. The van der Waals surface area contributed by atoms with Crippen molar-refractivity contribution in [1.82, 2.24) is 20.1 Å². The van der Waals surface area contributed by atoms with Crippen LogP contribution in [0.1, 0.15) is 22.0 Å². The molecule has 3 aromatic rings. The van der Waals surface area contributed by atoms with Crippen LogP contribution >= 0.6 is 11.6 Å². The molecule has 0 aliphatic heterocycles. The van der Waals surface area contributed by atoms with Crippen molar-refractivity contribution in [2.45, 2.75) is 13.1 Å². The quantitative estimate of drug-likeness (QED) is 0.785. The molecule has 22 heavy (non-hydrogen) atoms. The fourth-order valence-corrected chi connectivity index (χ4v) is 2.09. The number of carbonyl (C=O) groups excluding carboxylic acids is 1. The minimum absolute atomic E-state index is 0.254. The Morgan fingerprint density at radius 3 is 2.95 bits per heavy atom. The van der Waals surface area contributed by atoms with Gasteiger partial charge in [-0.05, 0) is 24.3 Å². The second-order valence-electron chi connectivity index (χ2n) is 4.63. The van der Waals surface area contributed by atoms with Crippen molar-refractivity contribution in [2.24, 2.45) is 0 Å². The van der Waals surface area contributed by atoms with E-state index in [9.17, 15) is 4.79 Å². The van der Waals surface area contributed by atoms with Gasteiger partial charge in [0.25, 0.3) is 5.91 Å². The van der Waals surface area contributed by atoms with Crippen LogP contribution in [0.25, 0.3) is 0 Å². The Morgan fingerprint density at radius 2 is 2.23 bits per heavy atom. The first-order valence-electron chi connectivity index (χ1n) is 6.65. The number of nitrogens with zero attached hydrogens (tertiary/aromatic N) is 3. The van der Waals surface area contributed by atoms with E-state index in [0.29, 0.717) is 23.9 Å². The van der Waals surface area contributed by atoms with Crippen LogP contribution in [-0.4, -0.2) is 20.7 Å². The van der Waals surface area contributed by atoms with Crippen molar-refractivity contribution in [2.75, 3.05) is 0 Å². The zero-order valence-electron chi connectivity index (χ0n) is 11.6. The molecule has 3 aromatic heterocycles. The molecule has 0 fully saturated rings. The van der Waals surface area contributed by atoms with Crippen LogP contribution in [0, 0.1) is 0 Å². The van der Waals surface area contributed by atoms with E-state index in [4.69, 9.17) is 16.0 Å². The molecule has 0 aliphatic carbocycles. The second-order valence-corrected chi connectivity index (χ2v) is 5.06. The number of aromatic nitrogens is 3. The van der Waals surface area contributed by atoms with Gasteiger partial charge in [0, 0.05) is 12.4 Å². The molecule has 1 N–H and O–H groups in total. The smallest absolute Gasteiger partial charge is 0.287 e. The van der Waals surface area contributed by atoms with E-state index in [1.807, 2.05) is 18.2 Å². The van der Waals surface area contributed by atoms with Gasteiger partial charge >= 0.3 is 0 Å². The Kier molecular flexibility index (Phi) is 4.20. The van der Waals surface area contributed by atoms with Crippen LogP contribution < -0.4 is 5.32 Å². The SMILES string of the molecule is O=C(NCc1ccccn1)c1ccc(Cn2cc(Cl)cn2)o1. The summed E-state index contributed by atoms with van der Waals surface area (Å²) in [5.74, 6) is 0.599. The van der Waals surface area contributed by atoms with Crippen molar-refractivity contribution in [1.29, 1.82) is 0 Å². The highest BCUT2D eigenvalue weighted by molar-refractivity contribution is 6.30. The predicted molar refractivity (Wildman–Crippen MR) is 80.5 cm³/mol. The molecular formula is C15H13ClN4O2. The number of amides is 1. The molecule has 0 aromatic carbocycles. The zero-order chi connectivity index (χ0) is 15.4. The summed E-state index contributed by atoms with van der Waals surface area (Å²) in [5, 5.41) is 7.37. The molecule has 1 amide bonds. The molecule has 0 atom stereocenters. The molecule has 3 rings (SSSR count). The molecule has 0 saturated carbocycles. The van der Waals surface area contributed by atoms with Gasteiger partial charge in [0.05, 0.1) is 30.0 Å². The molecule has 0 aliphatic rings. The Balaban J connectivity index is 1.59. The van der Waals surface area contributed by atoms with Gasteiger partial charge in [0.2, 0.25) is 0 Å². The van der Waals surface area contributed by atoms with Gasteiger partial charge in [-0.2, -0.15) is 5.10 Å². The van der Waals surface area contributed by atoms with Gasteiger partial charge < -0.3 is 9.73 Å². The summed E-state index contributed by atoms with van der Waals surface area (Å²) in [6, 6.07) is 8.91. The number of hydrogen-bond acceptors (Lipinski definition) is 4. The summed E-state index contributed by atoms with van der Waals surface area (Å²) in [7, 11) is 0. The molecule has 0 spiro atoms. The van der Waals surface area contributed by atoms with E-state index in [1.165, 1.54) is 0 Å². The molecule has 7 heteroatoms. The Morgan fingerprint density at radius 1 is 1.32 bits per heavy atom. The highest BCUT2D eigenvalue weighted by Gasteiger charge is 2.11. The lowest BCUT2D eigenvalue weighted by molar-refractivity contribution is 0.0920. The van der Waals surface area contributed by atoms with E-state index in [0.717, 1.165) is 5.69 Å². The number of hydrogen-bond donors (Lipinski definition) is 1. The van der Waals surface area contributed by atoms with Gasteiger partial charge in [-0.15, -0.1) is 0 Å². The first kappa shape index (κ1) is 14.3. The van der Waals surface area contributed by atoms with Crippen LogP contribution in [0.4, 0.5) is 0 Å². The third kappa shape index (κ3) is 3.53. The number of furan rings is 1. The fourth-order valence-electron chi connectivity index (χ4n) is 1.93. The molecule has 0 saturated heterocycles. The van der Waals surface area contributed by atoms with Gasteiger partial charge in [-0.1, -0.05) is 17.7 Å². The maximum Gasteiger partial charge on any atom is 0.287 e. The number of carbonyl (C=O) groups is 1. The molecule has 0 bridgehead atoms. The number of nitrogens with one attached hydrogen (secondary N) is 1. The molecule has 112 valence electrons. The average Bonchev–Trinajstić information content (AvgIpc) is 3.16. The number of halogens is 1. The predicted octanol–water partition coefficient (Wildman–Crippen LogP) is 2.50. The minimum Gasteiger partial charge on any atom is -0.454 e. The summed E-state index contributed by atoms with van der Waals surface area (Å²) in [6.07, 6.45) is 4.91. The summed E-state index contributed by atoms with van der Waals surface area (Å²) in [6.45, 7) is 0.769. The van der Waals surface area contributed by atoms with Crippen LogP contribution in [0.2, 0.25) is 5.02 Å². The topological polar surface area (TPSA) is 73.0 Å². The standard InChI is InChI=1S/C15H13ClN4O2/c16-11-7-19-20(9-11)10-13-4-5-14(22-13)15(21)18-8-12-3-1-2-6-17-12/h1-7,9H,8,10H2,(H,18,21). The van der Waals surface area contributed by atoms with Crippen LogP contribution in [0.15, 0.2) is 53.3 Å². The normalized spacial score (nSPS) is 10.6. The van der Waals surface area contributed by atoms with Crippen molar-refractivity contribution in [3.8, 4) is 0 Å². The van der Waals surface area contributed by atoms with Crippen molar-refractivity contribution >= 4 is 17.5 Å². The first-order valence-corrected chi connectivity index (χ1v) is 7.03. The Bertz CT molecular complexity index is 767.